The van der Waals surface area contributed by atoms with E-state index in [2.05, 4.69) is 6.07 Å². The topological polar surface area (TPSA) is 3.24 Å². The van der Waals surface area contributed by atoms with E-state index in [0.717, 1.165) is 59.5 Å². The normalized spacial score (nSPS) is 15.2. The number of anilines is 3. The van der Waals surface area contributed by atoms with Gasteiger partial charge in [-0.15, -0.1) is 0 Å². The first-order valence-electron chi connectivity index (χ1n) is 28.1. The summed E-state index contributed by atoms with van der Waals surface area (Å²) in [7, 11) is 0. The summed E-state index contributed by atoms with van der Waals surface area (Å²) in [5.41, 5.74) is 0.548. The highest BCUT2D eigenvalue weighted by atomic mass is 15.1. The van der Waals surface area contributed by atoms with Crippen molar-refractivity contribution in [3.63, 3.8) is 0 Å². The molecule has 1 heteroatoms. The molecule has 0 aliphatic carbocycles. The molecule has 0 spiro atoms. The van der Waals surface area contributed by atoms with Crippen LogP contribution in [0.15, 0.2) is 248 Å². The highest BCUT2D eigenvalue weighted by Gasteiger charge is 2.15. The largest absolute Gasteiger partial charge is 0.311 e. The fraction of sp³-hybridized carbons (Fsp3) is 0. The summed E-state index contributed by atoms with van der Waals surface area (Å²) < 4.78 is 154. The second-order valence-electron chi connectivity index (χ2n) is 14.4. The van der Waals surface area contributed by atoms with Crippen LogP contribution >= 0.6 is 0 Å². The molecule has 61 heavy (non-hydrogen) atoms. The van der Waals surface area contributed by atoms with Crippen LogP contribution in [0, 0.1) is 0 Å². The fourth-order valence-electron chi connectivity index (χ4n) is 7.73. The minimum Gasteiger partial charge on any atom is -0.311 e. The number of fused-ring (bicyclic) bond motifs is 4. The fourth-order valence-corrected chi connectivity index (χ4v) is 7.73. The quantitative estimate of drug-likeness (QED) is 0.139. The van der Waals surface area contributed by atoms with Gasteiger partial charge in [-0.3, -0.25) is 0 Å². The molecular weight excluding hydrogens is 735 g/mol. The number of hydrogen-bond donors (Lipinski definition) is 0. The Morgan fingerprint density at radius 2 is 0.738 bits per heavy atom. The van der Waals surface area contributed by atoms with E-state index in [4.69, 9.17) is 12.3 Å². The molecule has 11 aromatic carbocycles. The molecule has 0 heterocycles. The van der Waals surface area contributed by atoms with Crippen LogP contribution in [0.1, 0.15) is 23.3 Å². The molecule has 286 valence electrons. The van der Waals surface area contributed by atoms with Crippen LogP contribution in [0.3, 0.4) is 0 Å². The predicted octanol–water partition coefficient (Wildman–Crippen LogP) is 17.0. The van der Waals surface area contributed by atoms with Gasteiger partial charge in [-0.05, 0) is 136 Å². The van der Waals surface area contributed by atoms with E-state index in [0.29, 0.717) is 5.56 Å². The van der Waals surface area contributed by atoms with E-state index in [1.54, 1.807) is 36.4 Å². The van der Waals surface area contributed by atoms with Gasteiger partial charge in [0.05, 0.1) is 23.3 Å². The van der Waals surface area contributed by atoms with Crippen molar-refractivity contribution in [1.82, 2.24) is 0 Å². The first-order chi connectivity index (χ1) is 37.3. The van der Waals surface area contributed by atoms with Gasteiger partial charge in [-0.25, -0.2) is 0 Å². The van der Waals surface area contributed by atoms with Crippen molar-refractivity contribution in [2.75, 3.05) is 4.90 Å². The maximum absolute atomic E-state index is 9.65. The molecular formula is C60H41N. The van der Waals surface area contributed by atoms with Crippen molar-refractivity contribution in [2.45, 2.75) is 0 Å². The SMILES string of the molecule is [2H]c1c([2H])c([2H])c(-c2c([2H])c([2H])c(-c3c([2H])c([2H])c(N(c4ccc(-c5cccc(-c6cccc7ccccc67)c5)cc4)c4c([2H])c([2H])c(-c5ccc6c(ccc7ccccc76)c5)c([2H])c4[2H])c([2H])c3[2H])c([2H])c2[2H])c([2H])c1[2H]. The molecule has 0 fully saturated rings. The molecule has 0 amide bonds. The van der Waals surface area contributed by atoms with Gasteiger partial charge in [-0.1, -0.05) is 200 Å². The van der Waals surface area contributed by atoms with Gasteiger partial charge in [0, 0.05) is 17.1 Å². The Labute approximate surface area is 381 Å². The molecule has 0 aromatic heterocycles. The number of benzene rings is 11. The Kier molecular flexibility index (Phi) is 5.74. The number of rotatable bonds is 8. The lowest BCUT2D eigenvalue weighted by molar-refractivity contribution is 1.28. The molecule has 1 nitrogen and oxygen atoms in total. The van der Waals surface area contributed by atoms with Crippen LogP contribution in [0.2, 0.25) is 0 Å². The molecule has 11 rings (SSSR count). The summed E-state index contributed by atoms with van der Waals surface area (Å²) in [6.07, 6.45) is 0. The molecule has 0 unspecified atom stereocenters. The lowest BCUT2D eigenvalue weighted by atomic mass is 9.95. The standard InChI is InChI=1S/C60H41N/c1-2-10-42(11-3-1)43-20-22-44(23-21-43)45-26-33-54(34-27-45)61(56-37-30-47(31-38-56)51-32-39-60-53(41-51)25-24-49-13-5-7-18-58(49)60)55-35-28-46(29-36-55)50-15-8-16-52(40-50)59-19-9-14-48-12-4-6-17-57(48)59/h1-41H/i1D,2D,3D,10D,11D,20D,21D,22D,23D,26D,27D,30D,31D,33D,34D,37D,38D. The zero-order valence-corrected chi connectivity index (χ0v) is 32.3. The lowest BCUT2D eigenvalue weighted by Crippen LogP contribution is -2.09. The summed E-state index contributed by atoms with van der Waals surface area (Å²) in [6, 6.07) is 33.3. The van der Waals surface area contributed by atoms with E-state index in [1.165, 1.54) is 0 Å². The van der Waals surface area contributed by atoms with Gasteiger partial charge in [-0.2, -0.15) is 0 Å². The Hall–Kier alpha value is -8.00. The van der Waals surface area contributed by atoms with Crippen molar-refractivity contribution >= 4 is 49.4 Å². The third-order valence-corrected chi connectivity index (χ3v) is 10.8. The van der Waals surface area contributed by atoms with Gasteiger partial charge in [0.15, 0.2) is 0 Å². The Morgan fingerprint density at radius 3 is 1.43 bits per heavy atom. The maximum atomic E-state index is 9.65. The van der Waals surface area contributed by atoms with Gasteiger partial charge >= 0.3 is 0 Å². The second kappa shape index (κ2) is 15.6. The second-order valence-corrected chi connectivity index (χ2v) is 14.4. The number of hydrogen-bond acceptors (Lipinski definition) is 1. The summed E-state index contributed by atoms with van der Waals surface area (Å²) in [6.45, 7) is 0. The van der Waals surface area contributed by atoms with Gasteiger partial charge in [0.25, 0.3) is 0 Å². The van der Waals surface area contributed by atoms with Crippen molar-refractivity contribution in [3.8, 4) is 55.6 Å². The Morgan fingerprint density at radius 1 is 0.262 bits per heavy atom. The highest BCUT2D eigenvalue weighted by molar-refractivity contribution is 6.08. The van der Waals surface area contributed by atoms with Crippen molar-refractivity contribution < 1.29 is 23.3 Å². The first kappa shape index (κ1) is 22.4. The third kappa shape index (κ3) is 7.03. The first-order valence-corrected chi connectivity index (χ1v) is 19.6. The molecule has 0 N–H and O–H groups in total. The monoisotopic (exact) mass is 792 g/mol. The zero-order valence-electron chi connectivity index (χ0n) is 49.3. The van der Waals surface area contributed by atoms with Crippen LogP contribution in [-0.2, 0) is 0 Å². The minimum absolute atomic E-state index is 0.0181. The Balaban J connectivity index is 1.10. The molecule has 0 aliphatic rings. The van der Waals surface area contributed by atoms with Crippen LogP contribution in [-0.4, -0.2) is 0 Å². The van der Waals surface area contributed by atoms with Crippen LogP contribution in [0.4, 0.5) is 17.1 Å². The van der Waals surface area contributed by atoms with Crippen molar-refractivity contribution in [3.05, 3.63) is 248 Å². The average molecular weight is 793 g/mol. The minimum atomic E-state index is -0.875. The van der Waals surface area contributed by atoms with Gasteiger partial charge in [0.1, 0.15) is 0 Å². The summed E-state index contributed by atoms with van der Waals surface area (Å²) in [5.74, 6) is 0. The van der Waals surface area contributed by atoms with Crippen LogP contribution in [0.25, 0.3) is 88.0 Å². The van der Waals surface area contributed by atoms with Crippen LogP contribution in [0.5, 0.6) is 0 Å². The van der Waals surface area contributed by atoms with Gasteiger partial charge in [0.2, 0.25) is 0 Å². The van der Waals surface area contributed by atoms with Crippen LogP contribution < -0.4 is 4.90 Å². The molecule has 0 bridgehead atoms. The molecule has 0 saturated heterocycles. The molecule has 0 atom stereocenters. The molecule has 0 radical (unpaired) electrons. The third-order valence-electron chi connectivity index (χ3n) is 10.8. The van der Waals surface area contributed by atoms with E-state index in [-0.39, 0.29) is 11.3 Å². The maximum Gasteiger partial charge on any atom is 0.0645 e. The van der Waals surface area contributed by atoms with E-state index < -0.39 is 136 Å². The van der Waals surface area contributed by atoms with E-state index in [9.17, 15) is 11.0 Å². The predicted molar refractivity (Wildman–Crippen MR) is 261 cm³/mol. The molecule has 0 saturated carbocycles. The summed E-state index contributed by atoms with van der Waals surface area (Å²) in [5, 5.41) is 5.87. The smallest absolute Gasteiger partial charge is 0.0645 e. The average Bonchev–Trinajstić information content (AvgIpc) is 3.65. The summed E-state index contributed by atoms with van der Waals surface area (Å²) in [4.78, 5) is 1.13. The summed E-state index contributed by atoms with van der Waals surface area (Å²) >= 11 is 0. The van der Waals surface area contributed by atoms with Gasteiger partial charge < -0.3 is 4.90 Å². The van der Waals surface area contributed by atoms with Crippen molar-refractivity contribution in [2.24, 2.45) is 0 Å². The molecule has 11 aromatic rings. The molecule has 0 aliphatic heterocycles. The zero-order chi connectivity index (χ0) is 55.3. The van der Waals surface area contributed by atoms with E-state index >= 15 is 0 Å². The Bertz CT molecular complexity index is 4240. The highest BCUT2D eigenvalue weighted by Crippen LogP contribution is 2.39. The van der Waals surface area contributed by atoms with E-state index in [1.807, 2.05) is 103 Å². The number of nitrogens with zero attached hydrogens (tertiary/aromatic N) is 1. The van der Waals surface area contributed by atoms with Crippen molar-refractivity contribution in [1.29, 1.82) is 0 Å². The lowest BCUT2D eigenvalue weighted by Gasteiger charge is -2.26.